The van der Waals surface area contributed by atoms with Gasteiger partial charge in [-0.25, -0.2) is 4.98 Å². The molecule has 1 rings (SSSR count). The maximum absolute atomic E-state index is 8.63. The van der Waals surface area contributed by atoms with Gasteiger partial charge in [0.15, 0.2) is 0 Å². The Bertz CT molecular complexity index is 305. The summed E-state index contributed by atoms with van der Waals surface area (Å²) >= 11 is 0. The number of pyridine rings is 1. The van der Waals surface area contributed by atoms with Crippen LogP contribution in [0.25, 0.3) is 0 Å². The Morgan fingerprint density at radius 1 is 1.29 bits per heavy atom. The second kappa shape index (κ2) is 8.96. The lowest BCUT2D eigenvalue weighted by Crippen LogP contribution is -2.14. The van der Waals surface area contributed by atoms with Gasteiger partial charge in [0.05, 0.1) is 7.11 Å². The first-order valence-corrected chi connectivity index (χ1v) is 6.17. The van der Waals surface area contributed by atoms with Crippen LogP contribution in [0.5, 0.6) is 5.88 Å². The molecule has 1 aromatic heterocycles. The van der Waals surface area contributed by atoms with Gasteiger partial charge in [-0.1, -0.05) is 12.8 Å². The molecule has 0 spiro atoms. The number of hydrogen-bond donors (Lipinski definition) is 2. The molecule has 0 aliphatic carbocycles. The van der Waals surface area contributed by atoms with E-state index in [1.54, 1.807) is 13.3 Å². The van der Waals surface area contributed by atoms with Crippen LogP contribution < -0.4 is 10.1 Å². The molecule has 4 nitrogen and oxygen atoms in total. The van der Waals surface area contributed by atoms with E-state index in [-0.39, 0.29) is 0 Å². The van der Waals surface area contributed by atoms with E-state index in [1.165, 1.54) is 12.0 Å². The molecule has 0 atom stereocenters. The Morgan fingerprint density at radius 2 is 2.12 bits per heavy atom. The third kappa shape index (κ3) is 6.24. The summed E-state index contributed by atoms with van der Waals surface area (Å²) in [6.45, 7) is 2.17. The number of rotatable bonds is 9. The monoisotopic (exact) mass is 238 g/mol. The average Bonchev–Trinajstić information content (AvgIpc) is 2.38. The molecule has 17 heavy (non-hydrogen) atoms. The Hall–Kier alpha value is -1.13. The molecule has 0 radical (unpaired) electrons. The fraction of sp³-hybridized carbons (Fsp3) is 0.615. The van der Waals surface area contributed by atoms with Gasteiger partial charge in [-0.3, -0.25) is 0 Å². The maximum Gasteiger partial charge on any atom is 0.213 e. The van der Waals surface area contributed by atoms with Crippen molar-refractivity contribution in [3.63, 3.8) is 0 Å². The van der Waals surface area contributed by atoms with Crippen molar-refractivity contribution in [2.24, 2.45) is 0 Å². The van der Waals surface area contributed by atoms with Crippen molar-refractivity contribution in [2.75, 3.05) is 20.3 Å². The Kier molecular flexibility index (Phi) is 7.34. The van der Waals surface area contributed by atoms with Crippen molar-refractivity contribution in [3.8, 4) is 5.88 Å². The minimum atomic E-state index is 0.310. The van der Waals surface area contributed by atoms with Gasteiger partial charge < -0.3 is 15.2 Å². The number of unbranched alkanes of at least 4 members (excludes halogenated alkanes) is 3. The lowest BCUT2D eigenvalue weighted by Gasteiger charge is -2.06. The Labute approximate surface area is 103 Å². The van der Waals surface area contributed by atoms with Crippen LogP contribution in [-0.4, -0.2) is 30.4 Å². The summed E-state index contributed by atoms with van der Waals surface area (Å²) in [4.78, 5) is 4.06. The molecule has 2 N–H and O–H groups in total. The van der Waals surface area contributed by atoms with E-state index in [1.807, 2.05) is 12.1 Å². The predicted molar refractivity (Wildman–Crippen MR) is 68.0 cm³/mol. The van der Waals surface area contributed by atoms with Crippen molar-refractivity contribution in [3.05, 3.63) is 23.9 Å². The van der Waals surface area contributed by atoms with E-state index in [2.05, 4.69) is 10.3 Å². The zero-order valence-electron chi connectivity index (χ0n) is 10.5. The first-order chi connectivity index (χ1) is 8.36. The van der Waals surface area contributed by atoms with E-state index >= 15 is 0 Å². The van der Waals surface area contributed by atoms with Crippen LogP contribution in [0.15, 0.2) is 18.3 Å². The minimum absolute atomic E-state index is 0.310. The smallest absolute Gasteiger partial charge is 0.213 e. The fourth-order valence-corrected chi connectivity index (χ4v) is 1.62. The highest BCUT2D eigenvalue weighted by molar-refractivity contribution is 5.20. The van der Waals surface area contributed by atoms with E-state index in [0.29, 0.717) is 12.5 Å². The molecule has 0 aliphatic heterocycles. The van der Waals surface area contributed by atoms with Crippen LogP contribution in [0.1, 0.15) is 31.2 Å². The number of aliphatic hydroxyl groups is 1. The van der Waals surface area contributed by atoms with E-state index < -0.39 is 0 Å². The SMILES string of the molecule is COc1cc(CNCCCCCCO)ccn1. The van der Waals surface area contributed by atoms with Crippen molar-refractivity contribution in [1.29, 1.82) is 0 Å². The number of hydrogen-bond acceptors (Lipinski definition) is 4. The number of nitrogens with one attached hydrogen (secondary N) is 1. The van der Waals surface area contributed by atoms with E-state index in [9.17, 15) is 0 Å². The van der Waals surface area contributed by atoms with E-state index in [0.717, 1.165) is 32.4 Å². The third-order valence-electron chi connectivity index (χ3n) is 2.60. The van der Waals surface area contributed by atoms with Gasteiger partial charge in [0, 0.05) is 25.4 Å². The lowest BCUT2D eigenvalue weighted by atomic mass is 10.2. The zero-order valence-corrected chi connectivity index (χ0v) is 10.5. The first-order valence-electron chi connectivity index (χ1n) is 6.17. The summed E-state index contributed by atoms with van der Waals surface area (Å²) < 4.78 is 5.06. The molecule has 1 aromatic rings. The number of ether oxygens (including phenoxy) is 1. The quantitative estimate of drug-likeness (QED) is 0.643. The third-order valence-corrected chi connectivity index (χ3v) is 2.60. The largest absolute Gasteiger partial charge is 0.481 e. The van der Waals surface area contributed by atoms with E-state index in [4.69, 9.17) is 9.84 Å². The summed E-state index contributed by atoms with van der Waals surface area (Å²) in [6.07, 6.45) is 6.12. The van der Waals surface area contributed by atoms with Gasteiger partial charge in [-0.15, -0.1) is 0 Å². The summed E-state index contributed by atoms with van der Waals surface area (Å²) in [7, 11) is 1.63. The molecule has 0 fully saturated rings. The topological polar surface area (TPSA) is 54.4 Å². The van der Waals surface area contributed by atoms with Crippen LogP contribution in [0.2, 0.25) is 0 Å². The Morgan fingerprint density at radius 3 is 2.88 bits per heavy atom. The fourth-order valence-electron chi connectivity index (χ4n) is 1.62. The van der Waals surface area contributed by atoms with Crippen LogP contribution in [0, 0.1) is 0 Å². The number of aliphatic hydroxyl groups excluding tert-OH is 1. The summed E-state index contributed by atoms with van der Waals surface area (Å²) in [5.74, 6) is 0.659. The standard InChI is InChI=1S/C13H22N2O2/c1-17-13-10-12(6-8-15-13)11-14-7-4-2-3-5-9-16/h6,8,10,14,16H,2-5,7,9,11H2,1H3. The highest BCUT2D eigenvalue weighted by Crippen LogP contribution is 2.08. The van der Waals surface area contributed by atoms with Gasteiger partial charge >= 0.3 is 0 Å². The molecule has 0 saturated heterocycles. The molecule has 0 saturated carbocycles. The predicted octanol–water partition coefficient (Wildman–Crippen LogP) is 1.73. The van der Waals surface area contributed by atoms with Crippen LogP contribution in [0.3, 0.4) is 0 Å². The number of methoxy groups -OCH3 is 1. The van der Waals surface area contributed by atoms with Crippen molar-refractivity contribution in [2.45, 2.75) is 32.2 Å². The van der Waals surface area contributed by atoms with Crippen molar-refractivity contribution in [1.82, 2.24) is 10.3 Å². The molecule has 0 bridgehead atoms. The summed E-state index contributed by atoms with van der Waals surface area (Å²) in [6, 6.07) is 3.93. The molecular formula is C13H22N2O2. The summed E-state index contributed by atoms with van der Waals surface area (Å²) in [5, 5.41) is 12.0. The second-order valence-corrected chi connectivity index (χ2v) is 4.02. The Balaban J connectivity index is 2.09. The first kappa shape index (κ1) is 13.9. The highest BCUT2D eigenvalue weighted by Gasteiger charge is 1.96. The molecule has 1 heterocycles. The molecule has 0 aromatic carbocycles. The summed E-state index contributed by atoms with van der Waals surface area (Å²) in [5.41, 5.74) is 1.19. The van der Waals surface area contributed by atoms with Gasteiger partial charge in [0.2, 0.25) is 5.88 Å². The molecule has 4 heteroatoms. The molecule has 96 valence electrons. The minimum Gasteiger partial charge on any atom is -0.481 e. The number of aromatic nitrogens is 1. The maximum atomic E-state index is 8.63. The molecule has 0 aliphatic rings. The van der Waals surface area contributed by atoms with Crippen LogP contribution in [-0.2, 0) is 6.54 Å². The van der Waals surface area contributed by atoms with Crippen LogP contribution >= 0.6 is 0 Å². The lowest BCUT2D eigenvalue weighted by molar-refractivity contribution is 0.282. The molecular weight excluding hydrogens is 216 g/mol. The second-order valence-electron chi connectivity index (χ2n) is 4.02. The van der Waals surface area contributed by atoms with Gasteiger partial charge in [-0.2, -0.15) is 0 Å². The highest BCUT2D eigenvalue weighted by atomic mass is 16.5. The van der Waals surface area contributed by atoms with Crippen LogP contribution in [0.4, 0.5) is 0 Å². The number of nitrogens with zero attached hydrogens (tertiary/aromatic N) is 1. The van der Waals surface area contributed by atoms with Gasteiger partial charge in [0.1, 0.15) is 0 Å². The average molecular weight is 238 g/mol. The van der Waals surface area contributed by atoms with Crippen molar-refractivity contribution < 1.29 is 9.84 Å². The van der Waals surface area contributed by atoms with Crippen molar-refractivity contribution >= 4 is 0 Å². The normalized spacial score (nSPS) is 10.5. The zero-order chi connectivity index (χ0) is 12.3. The van der Waals surface area contributed by atoms with Gasteiger partial charge in [-0.05, 0) is 31.0 Å². The molecule has 0 amide bonds. The molecule has 0 unspecified atom stereocenters. The van der Waals surface area contributed by atoms with Gasteiger partial charge in [0.25, 0.3) is 0 Å².